The van der Waals surface area contributed by atoms with Crippen molar-refractivity contribution in [2.45, 2.75) is 19.5 Å². The molecule has 1 atom stereocenters. The second-order valence-corrected chi connectivity index (χ2v) is 8.64. The van der Waals surface area contributed by atoms with Crippen LogP contribution in [0.25, 0.3) is 17.0 Å². The number of methoxy groups -OCH3 is 1. The van der Waals surface area contributed by atoms with Crippen LogP contribution in [-0.2, 0) is 20.9 Å². The van der Waals surface area contributed by atoms with Crippen molar-refractivity contribution in [1.82, 2.24) is 9.47 Å². The molecular weight excluding hydrogens is 416 g/mol. The molecule has 4 rings (SSSR count). The number of hydrogen-bond acceptors (Lipinski definition) is 5. The molecule has 0 bridgehead atoms. The van der Waals surface area contributed by atoms with E-state index >= 15 is 0 Å². The average Bonchev–Trinajstić information content (AvgIpc) is 3.24. The van der Waals surface area contributed by atoms with Crippen LogP contribution in [0.15, 0.2) is 65.7 Å². The monoisotopic (exact) mass is 436 g/mol. The molecule has 1 amide bonds. The number of amides is 1. The Morgan fingerprint density at radius 3 is 2.60 bits per heavy atom. The number of fused-ring (bicyclic) bond motifs is 1. The average molecular weight is 437 g/mol. The van der Waals surface area contributed by atoms with Crippen molar-refractivity contribution in [3.63, 3.8) is 0 Å². The van der Waals surface area contributed by atoms with E-state index in [4.69, 9.17) is 17.0 Å². The predicted octanol–water partition coefficient (Wildman–Crippen LogP) is 4.45. The Hall–Kier alpha value is -2.90. The number of ether oxygens (including phenoxy) is 1. The number of carbonyl (C=O) groups is 2. The van der Waals surface area contributed by atoms with Crippen LogP contribution in [0.3, 0.4) is 0 Å². The van der Waals surface area contributed by atoms with Gasteiger partial charge >= 0.3 is 5.97 Å². The zero-order valence-corrected chi connectivity index (χ0v) is 18.2. The highest BCUT2D eigenvalue weighted by atomic mass is 32.2. The lowest BCUT2D eigenvalue weighted by Crippen LogP contribution is -2.42. The van der Waals surface area contributed by atoms with E-state index in [0.717, 1.165) is 23.0 Å². The van der Waals surface area contributed by atoms with Crippen molar-refractivity contribution in [2.75, 3.05) is 7.11 Å². The summed E-state index contributed by atoms with van der Waals surface area (Å²) in [6.45, 7) is 2.35. The van der Waals surface area contributed by atoms with Gasteiger partial charge in [-0.3, -0.25) is 9.69 Å². The van der Waals surface area contributed by atoms with Gasteiger partial charge in [-0.05, 0) is 24.6 Å². The molecule has 0 spiro atoms. The maximum Gasteiger partial charge on any atom is 0.328 e. The van der Waals surface area contributed by atoms with Crippen LogP contribution in [0.5, 0.6) is 0 Å². The lowest BCUT2D eigenvalue weighted by Gasteiger charge is -2.20. The molecule has 2 heterocycles. The number of nitrogens with zero attached hydrogens (tertiary/aromatic N) is 2. The first-order valence-corrected chi connectivity index (χ1v) is 10.7. The normalized spacial score (nSPS) is 16.5. The Morgan fingerprint density at radius 2 is 1.87 bits per heavy atom. The van der Waals surface area contributed by atoms with Gasteiger partial charge in [0.1, 0.15) is 10.4 Å². The largest absolute Gasteiger partial charge is 0.467 e. The number of rotatable bonds is 5. The number of benzene rings is 2. The van der Waals surface area contributed by atoms with E-state index in [1.54, 1.807) is 6.92 Å². The van der Waals surface area contributed by atoms with Crippen molar-refractivity contribution in [1.29, 1.82) is 0 Å². The highest BCUT2D eigenvalue weighted by Gasteiger charge is 2.38. The molecule has 30 heavy (non-hydrogen) atoms. The number of hydrogen-bond donors (Lipinski definition) is 0. The van der Waals surface area contributed by atoms with Gasteiger partial charge in [-0.15, -0.1) is 0 Å². The van der Waals surface area contributed by atoms with Crippen LogP contribution in [0.4, 0.5) is 0 Å². The van der Waals surface area contributed by atoms with Gasteiger partial charge in [-0.2, -0.15) is 0 Å². The molecule has 1 aliphatic heterocycles. The third-order valence-electron chi connectivity index (χ3n) is 5.05. The van der Waals surface area contributed by atoms with Crippen molar-refractivity contribution in [3.8, 4) is 0 Å². The minimum Gasteiger partial charge on any atom is -0.467 e. The van der Waals surface area contributed by atoms with E-state index in [1.165, 1.54) is 29.3 Å². The maximum absolute atomic E-state index is 13.0. The Labute approximate surface area is 184 Å². The topological polar surface area (TPSA) is 51.5 Å². The third kappa shape index (κ3) is 3.78. The van der Waals surface area contributed by atoms with E-state index in [9.17, 15) is 9.59 Å². The molecule has 1 aromatic heterocycles. The third-order valence-corrected chi connectivity index (χ3v) is 6.39. The fraction of sp³-hybridized carbons (Fsp3) is 0.174. The molecule has 1 aliphatic rings. The maximum atomic E-state index is 13.0. The lowest BCUT2D eigenvalue weighted by atomic mass is 10.1. The molecule has 1 saturated heterocycles. The quantitative estimate of drug-likeness (QED) is 0.336. The van der Waals surface area contributed by atoms with E-state index < -0.39 is 12.0 Å². The standard InChI is InChI=1S/C23H20N2O3S2/c1-15(22(27)28-2)25-21(26)20(30-23(25)29)12-17-14-24(13-16-8-4-3-5-9-16)19-11-7-6-10-18(17)19/h3-12,14-15H,13H2,1-2H3. The number of thiocarbonyl (C=S) groups is 1. The molecule has 0 aliphatic carbocycles. The van der Waals surface area contributed by atoms with Crippen LogP contribution >= 0.6 is 24.0 Å². The van der Waals surface area contributed by atoms with Crippen molar-refractivity contribution in [2.24, 2.45) is 0 Å². The summed E-state index contributed by atoms with van der Waals surface area (Å²) in [6.07, 6.45) is 3.90. The Bertz CT molecular complexity index is 1170. The number of carbonyl (C=O) groups excluding carboxylic acids is 2. The van der Waals surface area contributed by atoms with Gasteiger partial charge in [0.25, 0.3) is 5.91 Å². The predicted molar refractivity (Wildman–Crippen MR) is 124 cm³/mol. The zero-order chi connectivity index (χ0) is 21.3. The number of thioether (sulfide) groups is 1. The molecule has 0 saturated carbocycles. The van der Waals surface area contributed by atoms with Crippen molar-refractivity contribution in [3.05, 3.63) is 76.8 Å². The van der Waals surface area contributed by atoms with Gasteiger partial charge in [-0.1, -0.05) is 72.5 Å². The van der Waals surface area contributed by atoms with Gasteiger partial charge in [0, 0.05) is 29.2 Å². The van der Waals surface area contributed by atoms with Crippen LogP contribution in [-0.4, -0.2) is 38.8 Å². The van der Waals surface area contributed by atoms with Gasteiger partial charge in [0.15, 0.2) is 0 Å². The Balaban J connectivity index is 1.70. The summed E-state index contributed by atoms with van der Waals surface area (Å²) in [7, 11) is 1.30. The molecular formula is C23H20N2O3S2. The molecule has 0 N–H and O–H groups in total. The molecule has 152 valence electrons. The smallest absolute Gasteiger partial charge is 0.328 e. The first-order valence-electron chi connectivity index (χ1n) is 9.46. The lowest BCUT2D eigenvalue weighted by molar-refractivity contribution is -0.147. The summed E-state index contributed by atoms with van der Waals surface area (Å²) in [5, 5.41) is 1.06. The molecule has 2 aromatic carbocycles. The van der Waals surface area contributed by atoms with Crippen molar-refractivity contribution >= 4 is 57.2 Å². The van der Waals surface area contributed by atoms with Gasteiger partial charge < -0.3 is 9.30 Å². The van der Waals surface area contributed by atoms with E-state index in [0.29, 0.717) is 9.23 Å². The Kier molecular flexibility index (Phi) is 5.74. The molecule has 7 heteroatoms. The van der Waals surface area contributed by atoms with Gasteiger partial charge in [-0.25, -0.2) is 4.79 Å². The number of para-hydroxylation sites is 1. The first-order chi connectivity index (χ1) is 14.5. The van der Waals surface area contributed by atoms with Gasteiger partial charge in [0.2, 0.25) is 0 Å². The second-order valence-electron chi connectivity index (χ2n) is 6.97. The molecule has 1 unspecified atom stereocenters. The molecule has 1 fully saturated rings. The van der Waals surface area contributed by atoms with E-state index in [1.807, 2.05) is 48.7 Å². The summed E-state index contributed by atoms with van der Waals surface area (Å²) >= 11 is 6.56. The first kappa shape index (κ1) is 20.4. The summed E-state index contributed by atoms with van der Waals surface area (Å²) in [6, 6.07) is 17.6. The number of aromatic nitrogens is 1. The highest BCUT2D eigenvalue weighted by molar-refractivity contribution is 8.26. The fourth-order valence-corrected chi connectivity index (χ4v) is 4.94. The van der Waals surface area contributed by atoms with Crippen LogP contribution in [0.2, 0.25) is 0 Å². The van der Waals surface area contributed by atoms with Crippen LogP contribution in [0.1, 0.15) is 18.1 Å². The SMILES string of the molecule is COC(=O)C(C)N1C(=O)C(=Cc2cn(Cc3ccccc3)c3ccccc23)SC1=S. The highest BCUT2D eigenvalue weighted by Crippen LogP contribution is 2.35. The second kappa shape index (κ2) is 8.45. The molecule has 5 nitrogen and oxygen atoms in total. The summed E-state index contributed by atoms with van der Waals surface area (Å²) in [5.41, 5.74) is 3.22. The zero-order valence-electron chi connectivity index (χ0n) is 16.6. The Morgan fingerprint density at radius 1 is 1.17 bits per heavy atom. The van der Waals surface area contributed by atoms with E-state index in [2.05, 4.69) is 22.8 Å². The molecule has 3 aromatic rings. The minimum atomic E-state index is -0.757. The summed E-state index contributed by atoms with van der Waals surface area (Å²) < 4.78 is 7.30. The summed E-state index contributed by atoms with van der Waals surface area (Å²) in [4.78, 5) is 26.7. The minimum absolute atomic E-state index is 0.275. The van der Waals surface area contributed by atoms with Crippen molar-refractivity contribution < 1.29 is 14.3 Å². The number of esters is 1. The van der Waals surface area contributed by atoms with E-state index in [-0.39, 0.29) is 5.91 Å². The van der Waals surface area contributed by atoms with Crippen LogP contribution < -0.4 is 0 Å². The molecule has 0 radical (unpaired) electrons. The fourth-order valence-electron chi connectivity index (χ4n) is 3.53. The van der Waals surface area contributed by atoms with Crippen LogP contribution in [0, 0.1) is 0 Å². The van der Waals surface area contributed by atoms with Gasteiger partial charge in [0.05, 0.1) is 12.0 Å². The summed E-state index contributed by atoms with van der Waals surface area (Å²) in [5.74, 6) is -0.769.